The molecule has 6 heteroatoms. The molecule has 4 nitrogen and oxygen atoms in total. The molecule has 0 fully saturated rings. The van der Waals surface area contributed by atoms with Crippen LogP contribution in [0.2, 0.25) is 0 Å². The predicted molar refractivity (Wildman–Crippen MR) is 108 cm³/mol. The Hall–Kier alpha value is -1.76. The fraction of sp³-hybridized carbons (Fsp3) is 0.263. The third kappa shape index (κ3) is 4.08. The van der Waals surface area contributed by atoms with E-state index in [9.17, 15) is 4.79 Å². The van der Waals surface area contributed by atoms with E-state index in [0.717, 1.165) is 26.4 Å². The first kappa shape index (κ1) is 18.0. The molecule has 0 saturated carbocycles. The van der Waals surface area contributed by atoms with Crippen LogP contribution in [0.25, 0.3) is 10.2 Å². The highest BCUT2D eigenvalue weighted by molar-refractivity contribution is 9.10. The van der Waals surface area contributed by atoms with Gasteiger partial charge in [-0.05, 0) is 52.7 Å². The van der Waals surface area contributed by atoms with E-state index in [4.69, 9.17) is 4.98 Å². The van der Waals surface area contributed by atoms with E-state index in [1.165, 1.54) is 10.5 Å². The second-order valence-corrected chi connectivity index (χ2v) is 8.22. The number of fused-ring (bicyclic) bond motifs is 1. The minimum absolute atomic E-state index is 0.0236. The smallest absolute Gasteiger partial charge is 0.261 e. The summed E-state index contributed by atoms with van der Waals surface area (Å²) < 4.78 is 1.91. The van der Waals surface area contributed by atoms with Gasteiger partial charge in [-0.25, -0.2) is 4.98 Å². The largest absolute Gasteiger partial charge is 0.338 e. The SMILES string of the molecule is Cc1ccc2nc(N(CC[NH+](C)C)C(=O)c3ccccc3Br)sc2c1. The first-order valence-electron chi connectivity index (χ1n) is 8.18. The summed E-state index contributed by atoms with van der Waals surface area (Å²) in [5, 5.41) is 0.752. The molecule has 3 rings (SSSR count). The van der Waals surface area contributed by atoms with Gasteiger partial charge < -0.3 is 4.90 Å². The Balaban J connectivity index is 2.01. The molecule has 0 aliphatic rings. The van der Waals surface area contributed by atoms with Crippen LogP contribution < -0.4 is 9.80 Å². The van der Waals surface area contributed by atoms with Gasteiger partial charge >= 0.3 is 0 Å². The molecule has 0 aliphatic carbocycles. The molecule has 2 aromatic carbocycles. The van der Waals surface area contributed by atoms with Crippen LogP contribution in [-0.4, -0.2) is 38.1 Å². The highest BCUT2D eigenvalue weighted by Gasteiger charge is 2.23. The topological polar surface area (TPSA) is 37.6 Å². The summed E-state index contributed by atoms with van der Waals surface area (Å²) in [4.78, 5) is 21.0. The zero-order chi connectivity index (χ0) is 18.0. The number of anilines is 1. The lowest BCUT2D eigenvalue weighted by atomic mass is 10.2. The van der Waals surface area contributed by atoms with Gasteiger partial charge in [0.2, 0.25) is 0 Å². The molecule has 0 saturated heterocycles. The highest BCUT2D eigenvalue weighted by atomic mass is 79.9. The van der Waals surface area contributed by atoms with Crippen molar-refractivity contribution in [1.82, 2.24) is 4.98 Å². The fourth-order valence-corrected chi connectivity index (χ4v) is 4.08. The molecule has 1 aromatic heterocycles. The number of nitrogens with zero attached hydrogens (tertiary/aromatic N) is 2. The van der Waals surface area contributed by atoms with Crippen LogP contribution in [0.15, 0.2) is 46.9 Å². The number of carbonyl (C=O) groups is 1. The molecule has 25 heavy (non-hydrogen) atoms. The lowest BCUT2D eigenvalue weighted by Crippen LogP contribution is -3.06. The molecule has 1 amide bonds. The van der Waals surface area contributed by atoms with Crippen molar-refractivity contribution < 1.29 is 9.69 Å². The van der Waals surface area contributed by atoms with E-state index in [0.29, 0.717) is 12.1 Å². The minimum Gasteiger partial charge on any atom is -0.338 e. The van der Waals surface area contributed by atoms with Gasteiger partial charge in [0.05, 0.1) is 43.0 Å². The highest BCUT2D eigenvalue weighted by Crippen LogP contribution is 2.31. The number of aromatic nitrogens is 1. The van der Waals surface area contributed by atoms with E-state index >= 15 is 0 Å². The van der Waals surface area contributed by atoms with Crippen molar-refractivity contribution in [2.45, 2.75) is 6.92 Å². The fourth-order valence-electron chi connectivity index (χ4n) is 2.53. The maximum absolute atomic E-state index is 13.2. The van der Waals surface area contributed by atoms with Crippen LogP contribution >= 0.6 is 27.3 Å². The number of benzene rings is 2. The number of aryl methyl sites for hydroxylation is 1. The van der Waals surface area contributed by atoms with Crippen molar-refractivity contribution in [1.29, 1.82) is 0 Å². The average Bonchev–Trinajstić information content (AvgIpc) is 2.97. The summed E-state index contributed by atoms with van der Waals surface area (Å²) in [6.07, 6.45) is 0. The molecular formula is C19H21BrN3OS+. The van der Waals surface area contributed by atoms with Crippen LogP contribution in [0.5, 0.6) is 0 Å². The summed E-state index contributed by atoms with van der Waals surface area (Å²) in [5.41, 5.74) is 2.79. The lowest BCUT2D eigenvalue weighted by Gasteiger charge is -2.21. The number of halogens is 1. The number of hydrogen-bond acceptors (Lipinski definition) is 3. The van der Waals surface area contributed by atoms with Crippen molar-refractivity contribution in [2.75, 3.05) is 32.1 Å². The van der Waals surface area contributed by atoms with Crippen molar-refractivity contribution in [2.24, 2.45) is 0 Å². The molecular weight excluding hydrogens is 398 g/mol. The van der Waals surface area contributed by atoms with Crippen molar-refractivity contribution in [3.63, 3.8) is 0 Å². The summed E-state index contributed by atoms with van der Waals surface area (Å²) in [5.74, 6) is -0.0236. The van der Waals surface area contributed by atoms with Gasteiger partial charge in [-0.2, -0.15) is 0 Å². The normalized spacial score (nSPS) is 11.2. The minimum atomic E-state index is -0.0236. The Morgan fingerprint density at radius 3 is 2.72 bits per heavy atom. The first-order valence-corrected chi connectivity index (χ1v) is 9.79. The zero-order valence-corrected chi connectivity index (χ0v) is 16.9. The molecule has 0 radical (unpaired) electrons. The quantitative estimate of drug-likeness (QED) is 0.690. The van der Waals surface area contributed by atoms with Gasteiger partial charge in [0.15, 0.2) is 5.13 Å². The number of carbonyl (C=O) groups excluding carboxylic acids is 1. The Morgan fingerprint density at radius 1 is 1.24 bits per heavy atom. The van der Waals surface area contributed by atoms with Crippen molar-refractivity contribution in [3.8, 4) is 0 Å². The Bertz CT molecular complexity index is 907. The molecule has 0 bridgehead atoms. The lowest BCUT2D eigenvalue weighted by molar-refractivity contribution is -0.856. The van der Waals surface area contributed by atoms with Crippen LogP contribution in [-0.2, 0) is 0 Å². The van der Waals surface area contributed by atoms with Crippen molar-refractivity contribution in [3.05, 3.63) is 58.1 Å². The molecule has 130 valence electrons. The van der Waals surface area contributed by atoms with Crippen LogP contribution in [0.4, 0.5) is 5.13 Å². The van der Waals surface area contributed by atoms with Gasteiger partial charge in [0.1, 0.15) is 0 Å². The first-order chi connectivity index (χ1) is 12.0. The van der Waals surface area contributed by atoms with E-state index < -0.39 is 0 Å². The van der Waals surface area contributed by atoms with Gasteiger partial charge in [-0.15, -0.1) is 0 Å². The summed E-state index contributed by atoms with van der Waals surface area (Å²) >= 11 is 5.06. The van der Waals surface area contributed by atoms with E-state index in [1.807, 2.05) is 30.3 Å². The Kier molecular flexibility index (Phi) is 5.51. The third-order valence-electron chi connectivity index (χ3n) is 3.95. The summed E-state index contributed by atoms with van der Waals surface area (Å²) in [7, 11) is 4.17. The summed E-state index contributed by atoms with van der Waals surface area (Å²) in [6, 6.07) is 13.7. The van der Waals surface area contributed by atoms with Crippen LogP contribution in [0.3, 0.4) is 0 Å². The van der Waals surface area contributed by atoms with E-state index in [1.54, 1.807) is 16.2 Å². The van der Waals surface area contributed by atoms with Gasteiger partial charge in [0.25, 0.3) is 5.91 Å². The van der Waals surface area contributed by atoms with Crippen LogP contribution in [0, 0.1) is 6.92 Å². The second kappa shape index (κ2) is 7.64. The predicted octanol–water partition coefficient (Wildman–Crippen LogP) is 3.16. The van der Waals surface area contributed by atoms with E-state index in [2.05, 4.69) is 49.1 Å². The Labute approximate surface area is 160 Å². The molecule has 0 spiro atoms. The molecule has 0 unspecified atom stereocenters. The zero-order valence-electron chi connectivity index (χ0n) is 14.5. The maximum Gasteiger partial charge on any atom is 0.261 e. The van der Waals surface area contributed by atoms with E-state index in [-0.39, 0.29) is 5.91 Å². The number of amides is 1. The van der Waals surface area contributed by atoms with Crippen LogP contribution in [0.1, 0.15) is 15.9 Å². The van der Waals surface area contributed by atoms with Gasteiger partial charge in [0, 0.05) is 4.47 Å². The molecule has 0 atom stereocenters. The number of thiazole rings is 1. The molecule has 1 N–H and O–H groups in total. The van der Waals surface area contributed by atoms with Gasteiger partial charge in [-0.1, -0.05) is 29.5 Å². The number of nitrogens with one attached hydrogen (secondary N) is 1. The average molecular weight is 419 g/mol. The molecule has 0 aliphatic heterocycles. The van der Waals surface area contributed by atoms with Crippen molar-refractivity contribution >= 4 is 48.5 Å². The van der Waals surface area contributed by atoms with Gasteiger partial charge in [-0.3, -0.25) is 9.69 Å². The number of likely N-dealkylation sites (N-methyl/N-ethyl adjacent to an activating group) is 1. The third-order valence-corrected chi connectivity index (χ3v) is 5.68. The monoisotopic (exact) mass is 418 g/mol. The standard InChI is InChI=1S/C19H20BrN3OS/c1-13-8-9-16-17(12-13)25-19(21-16)23(11-10-22(2)3)18(24)14-6-4-5-7-15(14)20/h4-9,12H,10-11H2,1-3H3/p+1. The molecule has 3 aromatic rings. The number of hydrogen-bond donors (Lipinski definition) is 1. The summed E-state index contributed by atoms with van der Waals surface area (Å²) in [6.45, 7) is 3.55. The number of rotatable bonds is 5. The maximum atomic E-state index is 13.2. The molecule has 1 heterocycles. The number of quaternary nitrogens is 1. The Morgan fingerprint density at radius 2 is 2.00 bits per heavy atom. The second-order valence-electron chi connectivity index (χ2n) is 6.36.